The Labute approximate surface area is 123 Å². The number of carboxylic acids is 1. The predicted molar refractivity (Wildman–Crippen MR) is 82.9 cm³/mol. The minimum absolute atomic E-state index is 0.206. The van der Waals surface area contributed by atoms with Crippen LogP contribution in [0.1, 0.15) is 33.6 Å². The van der Waals surface area contributed by atoms with E-state index in [1.54, 1.807) is 0 Å². The topological polar surface area (TPSA) is 49.7 Å². The van der Waals surface area contributed by atoms with Gasteiger partial charge in [-0.2, -0.15) is 0 Å². The van der Waals surface area contributed by atoms with Crippen molar-refractivity contribution in [3.63, 3.8) is 0 Å². The number of fused-ring (bicyclic) bond motifs is 1. The molecule has 2 heterocycles. The van der Waals surface area contributed by atoms with Crippen molar-refractivity contribution in [1.29, 1.82) is 0 Å². The van der Waals surface area contributed by atoms with E-state index < -0.39 is 5.97 Å². The lowest BCUT2D eigenvalue weighted by atomic mass is 9.76. The molecule has 0 saturated carbocycles. The van der Waals surface area contributed by atoms with Crippen molar-refractivity contribution in [3.05, 3.63) is 34.4 Å². The van der Waals surface area contributed by atoms with Crippen LogP contribution in [-0.4, -0.2) is 22.0 Å². The number of aliphatic carboxylic acids is 1. The van der Waals surface area contributed by atoms with Gasteiger partial charge in [-0.3, -0.25) is 4.79 Å². The number of hydrogen-bond acceptors (Lipinski definition) is 3. The van der Waals surface area contributed by atoms with Gasteiger partial charge in [0.2, 0.25) is 0 Å². The lowest BCUT2D eigenvalue weighted by molar-refractivity contribution is -0.136. The Morgan fingerprint density at radius 1 is 1.45 bits per heavy atom. The fourth-order valence-electron chi connectivity index (χ4n) is 2.76. The predicted octanol–water partition coefficient (Wildman–Crippen LogP) is 3.79. The molecule has 4 heteroatoms. The van der Waals surface area contributed by atoms with Gasteiger partial charge in [-0.1, -0.05) is 44.7 Å². The summed E-state index contributed by atoms with van der Waals surface area (Å²) in [6.07, 6.45) is 8.11. The minimum atomic E-state index is -0.732. The molecule has 2 atom stereocenters. The zero-order chi connectivity index (χ0) is 14.5. The molecule has 2 aliphatic heterocycles. The number of thioether (sulfide) groups is 1. The second kappa shape index (κ2) is 4.62. The van der Waals surface area contributed by atoms with Gasteiger partial charge in [0, 0.05) is 5.92 Å². The Kier molecular flexibility index (Phi) is 3.16. The van der Waals surface area contributed by atoms with E-state index in [2.05, 4.69) is 44.0 Å². The highest BCUT2D eigenvalue weighted by molar-refractivity contribution is 8.04. The van der Waals surface area contributed by atoms with E-state index in [4.69, 9.17) is 5.11 Å². The third-order valence-corrected chi connectivity index (χ3v) is 5.32. The highest BCUT2D eigenvalue weighted by Crippen LogP contribution is 2.45. The first-order chi connectivity index (χ1) is 9.34. The molecule has 3 aliphatic rings. The average Bonchev–Trinajstić information content (AvgIpc) is 2.77. The molecule has 106 valence electrons. The molecule has 20 heavy (non-hydrogen) atoms. The second-order valence-corrected chi connectivity index (χ2v) is 7.87. The summed E-state index contributed by atoms with van der Waals surface area (Å²) < 4.78 is 0. The Balaban J connectivity index is 1.86. The monoisotopic (exact) mass is 289 g/mol. The van der Waals surface area contributed by atoms with Gasteiger partial charge in [0.1, 0.15) is 5.25 Å². The Morgan fingerprint density at radius 3 is 2.85 bits per heavy atom. The first kappa shape index (κ1) is 13.7. The summed E-state index contributed by atoms with van der Waals surface area (Å²) in [5.74, 6) is -0.312. The summed E-state index contributed by atoms with van der Waals surface area (Å²) in [5, 5.41) is 9.72. The van der Waals surface area contributed by atoms with Crippen molar-refractivity contribution in [2.24, 2.45) is 16.3 Å². The van der Waals surface area contributed by atoms with Gasteiger partial charge < -0.3 is 5.11 Å². The third kappa shape index (κ3) is 2.37. The quantitative estimate of drug-likeness (QED) is 0.799. The van der Waals surface area contributed by atoms with Crippen molar-refractivity contribution in [2.75, 3.05) is 0 Å². The molecule has 3 nitrogen and oxygen atoms in total. The zero-order valence-electron chi connectivity index (χ0n) is 12.0. The lowest BCUT2D eigenvalue weighted by Gasteiger charge is -2.30. The van der Waals surface area contributed by atoms with E-state index in [-0.39, 0.29) is 10.7 Å². The van der Waals surface area contributed by atoms with E-state index in [1.807, 2.05) is 0 Å². The highest BCUT2D eigenvalue weighted by atomic mass is 32.2. The fraction of sp³-hybridized carbons (Fsp3) is 0.500. The molecule has 0 fully saturated rings. The van der Waals surface area contributed by atoms with Gasteiger partial charge >= 0.3 is 5.97 Å². The van der Waals surface area contributed by atoms with E-state index in [0.717, 1.165) is 17.2 Å². The normalized spacial score (nSPS) is 28.8. The van der Waals surface area contributed by atoms with Crippen LogP contribution in [0, 0.1) is 11.3 Å². The van der Waals surface area contributed by atoms with Crippen LogP contribution in [-0.2, 0) is 4.79 Å². The van der Waals surface area contributed by atoms with Gasteiger partial charge in [0.05, 0.1) is 10.7 Å². The number of rotatable bonds is 1. The molecule has 0 bridgehead atoms. The van der Waals surface area contributed by atoms with E-state index in [1.165, 1.54) is 22.9 Å². The molecule has 1 aliphatic carbocycles. The van der Waals surface area contributed by atoms with E-state index >= 15 is 0 Å². The van der Waals surface area contributed by atoms with E-state index in [9.17, 15) is 4.79 Å². The van der Waals surface area contributed by atoms with Gasteiger partial charge in [-0.15, -0.1) is 0 Å². The second-order valence-electron chi connectivity index (χ2n) is 6.67. The van der Waals surface area contributed by atoms with Crippen LogP contribution in [0.3, 0.4) is 0 Å². The Hall–Kier alpha value is -1.29. The van der Waals surface area contributed by atoms with Crippen LogP contribution < -0.4 is 0 Å². The molecule has 0 aromatic heterocycles. The molecule has 2 unspecified atom stereocenters. The maximum atomic E-state index is 11.1. The molecule has 1 N–H and O–H groups in total. The standard InChI is InChI=1S/C16H19NO2S/c1-16(2,3)11-4-5-12-9(7-11)6-10-8-13(15(18)19)20-14(10)17-12/h4-5,7,11,13H,6,8H2,1-3H3,(H,18,19). The first-order valence-electron chi connectivity index (χ1n) is 6.94. The summed E-state index contributed by atoms with van der Waals surface area (Å²) in [5.41, 5.74) is 3.68. The molecule has 0 aromatic carbocycles. The smallest absolute Gasteiger partial charge is 0.317 e. The third-order valence-electron chi connectivity index (χ3n) is 4.06. The number of aliphatic imine (C=N–C) groups is 1. The molecule has 0 radical (unpaired) electrons. The van der Waals surface area contributed by atoms with E-state index in [0.29, 0.717) is 12.3 Å². The SMILES string of the molecule is CC(C)(C)C1C=CC2=NC3=C(CC2=C1)CC(C(=O)O)S3. The molecule has 0 spiro atoms. The van der Waals surface area contributed by atoms with Crippen LogP contribution >= 0.6 is 11.8 Å². The van der Waals surface area contributed by atoms with Crippen molar-refractivity contribution in [2.45, 2.75) is 38.9 Å². The van der Waals surface area contributed by atoms with Crippen LogP contribution in [0.4, 0.5) is 0 Å². The minimum Gasteiger partial charge on any atom is -0.480 e. The maximum Gasteiger partial charge on any atom is 0.317 e. The molecular formula is C16H19NO2S. The van der Waals surface area contributed by atoms with Crippen LogP contribution in [0.2, 0.25) is 0 Å². The molecule has 0 amide bonds. The molecule has 3 rings (SSSR count). The molecular weight excluding hydrogens is 270 g/mol. The summed E-state index contributed by atoms with van der Waals surface area (Å²) in [6.45, 7) is 6.71. The van der Waals surface area contributed by atoms with Crippen LogP contribution in [0.5, 0.6) is 0 Å². The van der Waals surface area contributed by atoms with Gasteiger partial charge in [-0.05, 0) is 35.5 Å². The summed E-state index contributed by atoms with van der Waals surface area (Å²) in [6, 6.07) is 0. The van der Waals surface area contributed by atoms with Crippen molar-refractivity contribution < 1.29 is 9.90 Å². The first-order valence-corrected chi connectivity index (χ1v) is 7.82. The highest BCUT2D eigenvalue weighted by Gasteiger charge is 2.34. The summed E-state index contributed by atoms with van der Waals surface area (Å²) in [4.78, 5) is 15.8. The van der Waals surface area contributed by atoms with Crippen LogP contribution in [0.25, 0.3) is 0 Å². The van der Waals surface area contributed by atoms with Gasteiger partial charge in [0.25, 0.3) is 0 Å². The maximum absolute atomic E-state index is 11.1. The number of carboxylic acid groups (broad SMARTS) is 1. The molecule has 0 saturated heterocycles. The summed E-state index contributed by atoms with van der Waals surface area (Å²) >= 11 is 1.40. The number of allylic oxidation sites excluding steroid dienone is 5. The number of carbonyl (C=O) groups is 1. The van der Waals surface area contributed by atoms with Gasteiger partial charge in [-0.25, -0.2) is 4.99 Å². The fourth-order valence-corrected chi connectivity index (χ4v) is 3.89. The largest absolute Gasteiger partial charge is 0.480 e. The van der Waals surface area contributed by atoms with Gasteiger partial charge in [0.15, 0.2) is 0 Å². The van der Waals surface area contributed by atoms with Crippen molar-refractivity contribution in [3.8, 4) is 0 Å². The Bertz CT molecular complexity index is 590. The number of nitrogens with zero attached hydrogens (tertiary/aromatic N) is 1. The summed E-state index contributed by atoms with van der Waals surface area (Å²) in [7, 11) is 0. The zero-order valence-corrected chi connectivity index (χ0v) is 12.8. The van der Waals surface area contributed by atoms with Crippen LogP contribution in [0.15, 0.2) is 39.4 Å². The lowest BCUT2D eigenvalue weighted by Crippen LogP contribution is -2.22. The van der Waals surface area contributed by atoms with Crippen molar-refractivity contribution >= 4 is 23.4 Å². The Morgan fingerprint density at radius 2 is 2.20 bits per heavy atom. The molecule has 0 aromatic rings. The number of hydrogen-bond donors (Lipinski definition) is 1. The average molecular weight is 289 g/mol. The van der Waals surface area contributed by atoms with Crippen molar-refractivity contribution in [1.82, 2.24) is 0 Å².